The lowest BCUT2D eigenvalue weighted by Gasteiger charge is -2.29. The van der Waals surface area contributed by atoms with Gasteiger partial charge in [0.2, 0.25) is 5.91 Å². The molecular weight excluding hydrogens is 316 g/mol. The van der Waals surface area contributed by atoms with E-state index in [1.54, 1.807) is 36.4 Å². The fraction of sp³-hybridized carbons (Fsp3) is 0.188. The lowest BCUT2D eigenvalue weighted by molar-refractivity contribution is -0.116. The van der Waals surface area contributed by atoms with Gasteiger partial charge < -0.3 is 9.64 Å². The molecule has 0 bridgehead atoms. The van der Waals surface area contributed by atoms with Gasteiger partial charge in [-0.3, -0.25) is 9.52 Å². The first-order chi connectivity index (χ1) is 11.0. The molecule has 1 amide bonds. The number of benzene rings is 2. The highest BCUT2D eigenvalue weighted by Gasteiger charge is 2.24. The lowest BCUT2D eigenvalue weighted by Crippen LogP contribution is -2.36. The number of rotatable bonds is 3. The standard InChI is InChI=1S/C16H16N2O4S/c1-12(19)18-9-10-22-16-8-7-14(11-15(16)18)23(20,21)17-13-5-3-2-4-6-13/h2-8,11,17H,9-10H2,1H3. The van der Waals surface area contributed by atoms with Gasteiger partial charge in [0.1, 0.15) is 12.4 Å². The van der Waals surface area contributed by atoms with E-state index < -0.39 is 10.0 Å². The third-order valence-electron chi connectivity index (χ3n) is 3.51. The van der Waals surface area contributed by atoms with Gasteiger partial charge in [-0.05, 0) is 30.3 Å². The molecule has 0 spiro atoms. The first-order valence-electron chi connectivity index (χ1n) is 7.10. The molecule has 1 N–H and O–H groups in total. The molecule has 0 aromatic heterocycles. The van der Waals surface area contributed by atoms with E-state index in [-0.39, 0.29) is 10.8 Å². The van der Waals surface area contributed by atoms with Crippen LogP contribution in [0.25, 0.3) is 0 Å². The molecule has 0 fully saturated rings. The van der Waals surface area contributed by atoms with Crippen LogP contribution < -0.4 is 14.4 Å². The Morgan fingerprint density at radius 2 is 1.91 bits per heavy atom. The van der Waals surface area contributed by atoms with Crippen molar-refractivity contribution in [3.63, 3.8) is 0 Å². The van der Waals surface area contributed by atoms with Gasteiger partial charge in [-0.15, -0.1) is 0 Å². The third-order valence-corrected chi connectivity index (χ3v) is 4.89. The van der Waals surface area contributed by atoms with Gasteiger partial charge in [-0.1, -0.05) is 18.2 Å². The molecular formula is C16H16N2O4S. The summed E-state index contributed by atoms with van der Waals surface area (Å²) in [7, 11) is -3.74. The Balaban J connectivity index is 1.97. The Hall–Kier alpha value is -2.54. The molecule has 1 aliphatic heterocycles. The number of para-hydroxylation sites is 1. The number of carbonyl (C=O) groups excluding carboxylic acids is 1. The second-order valence-electron chi connectivity index (χ2n) is 5.12. The van der Waals surface area contributed by atoms with Gasteiger partial charge in [0, 0.05) is 12.6 Å². The maximum atomic E-state index is 12.5. The third kappa shape index (κ3) is 3.14. The molecule has 3 rings (SSSR count). The Morgan fingerprint density at radius 1 is 1.17 bits per heavy atom. The minimum absolute atomic E-state index is 0.0804. The summed E-state index contributed by atoms with van der Waals surface area (Å²) in [6.07, 6.45) is 0. The van der Waals surface area contributed by atoms with Crippen molar-refractivity contribution in [2.75, 3.05) is 22.8 Å². The van der Waals surface area contributed by atoms with Crippen LogP contribution in [-0.4, -0.2) is 27.5 Å². The van der Waals surface area contributed by atoms with E-state index in [1.165, 1.54) is 24.0 Å². The van der Waals surface area contributed by atoms with Gasteiger partial charge in [0.15, 0.2) is 0 Å². The lowest BCUT2D eigenvalue weighted by atomic mass is 10.2. The van der Waals surface area contributed by atoms with E-state index in [0.29, 0.717) is 30.3 Å². The van der Waals surface area contributed by atoms with Crippen molar-refractivity contribution in [2.24, 2.45) is 0 Å². The molecule has 2 aromatic rings. The number of fused-ring (bicyclic) bond motifs is 1. The number of nitrogens with zero attached hydrogens (tertiary/aromatic N) is 1. The fourth-order valence-electron chi connectivity index (χ4n) is 2.41. The molecule has 0 saturated heterocycles. The molecule has 23 heavy (non-hydrogen) atoms. The van der Waals surface area contributed by atoms with E-state index in [0.717, 1.165) is 0 Å². The Morgan fingerprint density at radius 3 is 2.61 bits per heavy atom. The topological polar surface area (TPSA) is 75.7 Å². The zero-order valence-corrected chi connectivity index (χ0v) is 13.3. The van der Waals surface area contributed by atoms with Gasteiger partial charge in [0.05, 0.1) is 17.1 Å². The van der Waals surface area contributed by atoms with Crippen molar-refractivity contribution < 1.29 is 17.9 Å². The second kappa shape index (κ2) is 5.92. The molecule has 0 radical (unpaired) electrons. The zero-order chi connectivity index (χ0) is 16.4. The molecule has 0 saturated carbocycles. The van der Waals surface area contributed by atoms with E-state index in [2.05, 4.69) is 4.72 Å². The summed E-state index contributed by atoms with van der Waals surface area (Å²) in [5.41, 5.74) is 0.949. The van der Waals surface area contributed by atoms with E-state index in [4.69, 9.17) is 4.74 Å². The molecule has 1 aliphatic rings. The monoisotopic (exact) mass is 332 g/mol. The molecule has 120 valence electrons. The molecule has 2 aromatic carbocycles. The van der Waals surface area contributed by atoms with E-state index in [1.807, 2.05) is 0 Å². The van der Waals surface area contributed by atoms with Crippen molar-refractivity contribution >= 4 is 27.3 Å². The van der Waals surface area contributed by atoms with Gasteiger partial charge in [0.25, 0.3) is 10.0 Å². The maximum Gasteiger partial charge on any atom is 0.261 e. The zero-order valence-electron chi connectivity index (χ0n) is 12.5. The number of ether oxygens (including phenoxy) is 1. The smallest absolute Gasteiger partial charge is 0.261 e. The van der Waals surface area contributed by atoms with Gasteiger partial charge >= 0.3 is 0 Å². The summed E-state index contributed by atoms with van der Waals surface area (Å²) < 4.78 is 33.0. The van der Waals surface area contributed by atoms with Crippen LogP contribution in [0, 0.1) is 0 Å². The van der Waals surface area contributed by atoms with Crippen molar-refractivity contribution in [3.05, 3.63) is 48.5 Å². The predicted molar refractivity (Wildman–Crippen MR) is 87.2 cm³/mol. The van der Waals surface area contributed by atoms with Crippen LogP contribution in [0.1, 0.15) is 6.92 Å². The molecule has 1 heterocycles. The molecule has 6 nitrogen and oxygen atoms in total. The first-order valence-corrected chi connectivity index (χ1v) is 8.58. The predicted octanol–water partition coefficient (Wildman–Crippen LogP) is 2.23. The quantitative estimate of drug-likeness (QED) is 0.935. The van der Waals surface area contributed by atoms with Crippen molar-refractivity contribution in [2.45, 2.75) is 11.8 Å². The Labute approximate surface area is 134 Å². The number of anilines is 2. The van der Waals surface area contributed by atoms with Crippen LogP contribution in [0.15, 0.2) is 53.4 Å². The van der Waals surface area contributed by atoms with E-state index >= 15 is 0 Å². The normalized spacial score (nSPS) is 13.9. The summed E-state index contributed by atoms with van der Waals surface area (Å²) in [6, 6.07) is 13.1. The largest absolute Gasteiger partial charge is 0.490 e. The van der Waals surface area contributed by atoms with Crippen LogP contribution in [-0.2, 0) is 14.8 Å². The molecule has 7 heteroatoms. The number of hydrogen-bond acceptors (Lipinski definition) is 4. The Kier molecular flexibility index (Phi) is 3.96. The summed E-state index contributed by atoms with van der Waals surface area (Å²) in [5.74, 6) is 0.352. The summed E-state index contributed by atoms with van der Waals surface area (Å²) in [4.78, 5) is 13.3. The van der Waals surface area contributed by atoms with Crippen LogP contribution in [0.3, 0.4) is 0 Å². The Bertz CT molecular complexity index is 834. The van der Waals surface area contributed by atoms with Crippen LogP contribution in [0.2, 0.25) is 0 Å². The molecule has 0 unspecified atom stereocenters. The summed E-state index contributed by atoms with van der Waals surface area (Å²) >= 11 is 0. The fourth-order valence-corrected chi connectivity index (χ4v) is 3.49. The van der Waals surface area contributed by atoms with Crippen LogP contribution in [0.4, 0.5) is 11.4 Å². The number of nitrogens with one attached hydrogen (secondary N) is 1. The second-order valence-corrected chi connectivity index (χ2v) is 6.80. The summed E-state index contributed by atoms with van der Waals surface area (Å²) in [6.45, 7) is 2.23. The average molecular weight is 332 g/mol. The van der Waals surface area contributed by atoms with Crippen LogP contribution in [0.5, 0.6) is 5.75 Å². The highest BCUT2D eigenvalue weighted by molar-refractivity contribution is 7.92. The van der Waals surface area contributed by atoms with Crippen molar-refractivity contribution in [3.8, 4) is 5.75 Å². The minimum atomic E-state index is -3.74. The highest BCUT2D eigenvalue weighted by atomic mass is 32.2. The van der Waals surface area contributed by atoms with Gasteiger partial charge in [-0.25, -0.2) is 8.42 Å². The minimum Gasteiger partial charge on any atom is -0.490 e. The number of hydrogen-bond donors (Lipinski definition) is 1. The van der Waals surface area contributed by atoms with Crippen molar-refractivity contribution in [1.29, 1.82) is 0 Å². The molecule has 0 atom stereocenters. The first kappa shape index (κ1) is 15.4. The maximum absolute atomic E-state index is 12.5. The number of sulfonamides is 1. The van der Waals surface area contributed by atoms with Gasteiger partial charge in [-0.2, -0.15) is 0 Å². The average Bonchev–Trinajstić information content (AvgIpc) is 2.54. The number of amides is 1. The molecule has 0 aliphatic carbocycles. The van der Waals surface area contributed by atoms with Crippen molar-refractivity contribution in [1.82, 2.24) is 0 Å². The number of carbonyl (C=O) groups is 1. The van der Waals surface area contributed by atoms with E-state index in [9.17, 15) is 13.2 Å². The SMILES string of the molecule is CC(=O)N1CCOc2ccc(S(=O)(=O)Nc3ccccc3)cc21. The summed E-state index contributed by atoms with van der Waals surface area (Å²) in [5, 5.41) is 0. The van der Waals surface area contributed by atoms with Crippen LogP contribution >= 0.6 is 0 Å². The highest BCUT2D eigenvalue weighted by Crippen LogP contribution is 2.34.